The zero-order valence-corrected chi connectivity index (χ0v) is 16.9. The Hall–Kier alpha value is -2.66. The number of amides is 1. The Balaban J connectivity index is 1.26. The SMILES string of the molecule is Cc1cc(N2CCC(CNC(=O)c3ccc(-c4ccsc4)cc3)CC2)ccn1. The van der Waals surface area contributed by atoms with Crippen molar-refractivity contribution in [3.63, 3.8) is 0 Å². The molecule has 1 N–H and O–H groups in total. The molecule has 28 heavy (non-hydrogen) atoms. The van der Waals surface area contributed by atoms with Gasteiger partial charge in [0.05, 0.1) is 0 Å². The van der Waals surface area contributed by atoms with E-state index in [1.54, 1.807) is 11.3 Å². The van der Waals surface area contributed by atoms with Crippen LogP contribution >= 0.6 is 11.3 Å². The topological polar surface area (TPSA) is 45.2 Å². The summed E-state index contributed by atoms with van der Waals surface area (Å²) in [6, 6.07) is 14.2. The number of carbonyl (C=O) groups excluding carboxylic acids is 1. The maximum Gasteiger partial charge on any atom is 0.251 e. The minimum atomic E-state index is 0.0176. The fourth-order valence-corrected chi connectivity index (χ4v) is 4.37. The fraction of sp³-hybridized carbons (Fsp3) is 0.304. The van der Waals surface area contributed by atoms with E-state index in [1.807, 2.05) is 37.4 Å². The van der Waals surface area contributed by atoms with Crippen molar-refractivity contribution in [2.45, 2.75) is 19.8 Å². The normalized spacial score (nSPS) is 14.8. The quantitative estimate of drug-likeness (QED) is 0.682. The predicted molar refractivity (Wildman–Crippen MR) is 116 cm³/mol. The molecule has 4 rings (SSSR count). The van der Waals surface area contributed by atoms with Crippen LogP contribution in [0.1, 0.15) is 28.9 Å². The molecule has 0 radical (unpaired) electrons. The summed E-state index contributed by atoms with van der Waals surface area (Å²) in [5.41, 5.74) is 5.38. The molecule has 0 spiro atoms. The average molecular weight is 392 g/mol. The Morgan fingerprint density at radius 1 is 1.14 bits per heavy atom. The summed E-state index contributed by atoms with van der Waals surface area (Å²) in [5.74, 6) is 0.553. The summed E-state index contributed by atoms with van der Waals surface area (Å²) < 4.78 is 0. The van der Waals surface area contributed by atoms with Gasteiger partial charge in [0, 0.05) is 42.8 Å². The molecule has 2 aromatic heterocycles. The molecule has 0 bridgehead atoms. The van der Waals surface area contributed by atoms with Crippen LogP contribution < -0.4 is 10.2 Å². The molecule has 3 heterocycles. The van der Waals surface area contributed by atoms with E-state index in [4.69, 9.17) is 0 Å². The highest BCUT2D eigenvalue weighted by molar-refractivity contribution is 7.08. The van der Waals surface area contributed by atoms with E-state index in [0.717, 1.165) is 49.3 Å². The first kappa shape index (κ1) is 18.7. The molecule has 1 saturated heterocycles. The molecule has 1 aromatic carbocycles. The first-order valence-corrected chi connectivity index (χ1v) is 10.7. The number of aromatic nitrogens is 1. The van der Waals surface area contributed by atoms with Crippen molar-refractivity contribution >= 4 is 22.9 Å². The molecule has 0 saturated carbocycles. The van der Waals surface area contributed by atoms with Crippen LogP contribution in [0.15, 0.2) is 59.4 Å². The Kier molecular flexibility index (Phi) is 5.72. The maximum absolute atomic E-state index is 12.5. The summed E-state index contributed by atoms with van der Waals surface area (Å²) in [6.45, 7) is 4.83. The minimum Gasteiger partial charge on any atom is -0.371 e. The number of hydrogen-bond donors (Lipinski definition) is 1. The van der Waals surface area contributed by atoms with Crippen LogP contribution in [0.3, 0.4) is 0 Å². The number of piperidine rings is 1. The van der Waals surface area contributed by atoms with Crippen LogP contribution in [0.5, 0.6) is 0 Å². The van der Waals surface area contributed by atoms with Crippen molar-refractivity contribution in [3.8, 4) is 11.1 Å². The third-order valence-electron chi connectivity index (χ3n) is 5.41. The van der Waals surface area contributed by atoms with Gasteiger partial charge in [-0.25, -0.2) is 0 Å². The molecule has 0 aliphatic carbocycles. The van der Waals surface area contributed by atoms with E-state index in [1.165, 1.54) is 11.3 Å². The maximum atomic E-state index is 12.5. The average Bonchev–Trinajstić information content (AvgIpc) is 3.27. The highest BCUT2D eigenvalue weighted by Gasteiger charge is 2.20. The zero-order valence-electron chi connectivity index (χ0n) is 16.1. The van der Waals surface area contributed by atoms with Crippen LogP contribution in [0, 0.1) is 12.8 Å². The molecule has 144 valence electrons. The van der Waals surface area contributed by atoms with Gasteiger partial charge in [0.1, 0.15) is 0 Å². The number of thiophene rings is 1. The molecule has 1 amide bonds. The molecule has 3 aromatic rings. The lowest BCUT2D eigenvalue weighted by atomic mass is 9.96. The van der Waals surface area contributed by atoms with E-state index in [0.29, 0.717) is 5.92 Å². The Morgan fingerprint density at radius 2 is 1.93 bits per heavy atom. The van der Waals surface area contributed by atoms with Crippen LogP contribution in [-0.2, 0) is 0 Å². The minimum absolute atomic E-state index is 0.0176. The van der Waals surface area contributed by atoms with Gasteiger partial charge in [-0.05, 0) is 77.9 Å². The number of aryl methyl sites for hydroxylation is 1. The van der Waals surface area contributed by atoms with Crippen LogP contribution in [0.2, 0.25) is 0 Å². The van der Waals surface area contributed by atoms with Crippen molar-refractivity contribution in [1.29, 1.82) is 0 Å². The lowest BCUT2D eigenvalue weighted by Gasteiger charge is -2.33. The third-order valence-corrected chi connectivity index (χ3v) is 6.10. The van der Waals surface area contributed by atoms with Crippen molar-refractivity contribution in [3.05, 3.63) is 70.7 Å². The summed E-state index contributed by atoms with van der Waals surface area (Å²) in [6.07, 6.45) is 4.07. The lowest BCUT2D eigenvalue weighted by molar-refractivity contribution is 0.0945. The van der Waals surface area contributed by atoms with Crippen LogP contribution in [0.4, 0.5) is 5.69 Å². The number of carbonyl (C=O) groups is 1. The second-order valence-electron chi connectivity index (χ2n) is 7.39. The smallest absolute Gasteiger partial charge is 0.251 e. The number of benzene rings is 1. The number of pyridine rings is 1. The van der Waals surface area contributed by atoms with Gasteiger partial charge in [-0.2, -0.15) is 11.3 Å². The first-order chi connectivity index (χ1) is 13.7. The van der Waals surface area contributed by atoms with E-state index >= 15 is 0 Å². The van der Waals surface area contributed by atoms with Crippen molar-refractivity contribution in [2.24, 2.45) is 5.92 Å². The molecular formula is C23H25N3OS. The monoisotopic (exact) mass is 391 g/mol. The van der Waals surface area contributed by atoms with E-state index < -0.39 is 0 Å². The van der Waals surface area contributed by atoms with Crippen molar-refractivity contribution in [2.75, 3.05) is 24.5 Å². The van der Waals surface area contributed by atoms with E-state index in [9.17, 15) is 4.79 Å². The highest BCUT2D eigenvalue weighted by Crippen LogP contribution is 2.24. The van der Waals surface area contributed by atoms with Crippen LogP contribution in [0.25, 0.3) is 11.1 Å². The molecule has 0 atom stereocenters. The number of hydrogen-bond acceptors (Lipinski definition) is 4. The summed E-state index contributed by atoms with van der Waals surface area (Å²) in [7, 11) is 0. The Morgan fingerprint density at radius 3 is 2.61 bits per heavy atom. The second-order valence-corrected chi connectivity index (χ2v) is 8.17. The molecule has 5 heteroatoms. The van der Waals surface area contributed by atoms with E-state index in [2.05, 4.69) is 44.2 Å². The lowest BCUT2D eigenvalue weighted by Crippen LogP contribution is -2.38. The summed E-state index contributed by atoms with van der Waals surface area (Å²) >= 11 is 1.68. The molecule has 1 aliphatic rings. The van der Waals surface area contributed by atoms with Gasteiger partial charge in [0.25, 0.3) is 5.91 Å². The summed E-state index contributed by atoms with van der Waals surface area (Å²) in [5, 5.41) is 7.31. The molecule has 0 unspecified atom stereocenters. The predicted octanol–water partition coefficient (Wildman–Crippen LogP) is 4.76. The summed E-state index contributed by atoms with van der Waals surface area (Å²) in [4.78, 5) is 19.2. The van der Waals surface area contributed by atoms with Gasteiger partial charge >= 0.3 is 0 Å². The van der Waals surface area contributed by atoms with Gasteiger partial charge < -0.3 is 10.2 Å². The zero-order chi connectivity index (χ0) is 19.3. The van der Waals surface area contributed by atoms with Gasteiger partial charge in [-0.1, -0.05) is 12.1 Å². The van der Waals surface area contributed by atoms with E-state index in [-0.39, 0.29) is 5.91 Å². The van der Waals surface area contributed by atoms with Gasteiger partial charge in [-0.15, -0.1) is 0 Å². The van der Waals surface area contributed by atoms with Gasteiger partial charge in [0.2, 0.25) is 0 Å². The molecule has 1 fully saturated rings. The van der Waals surface area contributed by atoms with Crippen molar-refractivity contribution < 1.29 is 4.79 Å². The second kappa shape index (κ2) is 8.57. The van der Waals surface area contributed by atoms with Gasteiger partial charge in [0.15, 0.2) is 0 Å². The molecule has 1 aliphatic heterocycles. The number of rotatable bonds is 5. The standard InChI is InChI=1S/C23H25N3OS/c1-17-14-22(6-10-24-17)26-11-7-18(8-12-26)15-25-23(27)20-4-2-19(3-5-20)21-9-13-28-16-21/h2-6,9-10,13-14,16,18H,7-8,11-12,15H2,1H3,(H,25,27). The van der Waals surface area contributed by atoms with Gasteiger partial charge in [-0.3, -0.25) is 9.78 Å². The first-order valence-electron chi connectivity index (χ1n) is 9.77. The Labute approximate surface area is 170 Å². The fourth-order valence-electron chi connectivity index (χ4n) is 3.70. The largest absolute Gasteiger partial charge is 0.371 e. The third kappa shape index (κ3) is 4.42. The Bertz CT molecular complexity index is 913. The molecular weight excluding hydrogens is 366 g/mol. The van der Waals surface area contributed by atoms with Crippen LogP contribution in [-0.4, -0.2) is 30.5 Å². The number of anilines is 1. The molecule has 4 nitrogen and oxygen atoms in total. The highest BCUT2D eigenvalue weighted by atomic mass is 32.1. The van der Waals surface area contributed by atoms with Crippen molar-refractivity contribution in [1.82, 2.24) is 10.3 Å². The number of nitrogens with one attached hydrogen (secondary N) is 1. The number of nitrogens with zero attached hydrogens (tertiary/aromatic N) is 2.